The highest BCUT2D eigenvalue weighted by molar-refractivity contribution is 9.10. The Balaban J connectivity index is 0.000000654. The molecule has 0 N–H and O–H groups in total. The summed E-state index contributed by atoms with van der Waals surface area (Å²) in [5.41, 5.74) is 3.46. The molecule has 0 saturated carbocycles. The molecule has 2 heterocycles. The molecule has 1 aromatic rings. The molecule has 0 aliphatic carbocycles. The highest BCUT2D eigenvalue weighted by Gasteiger charge is 2.35. The highest BCUT2D eigenvalue weighted by atomic mass is 79.9. The summed E-state index contributed by atoms with van der Waals surface area (Å²) in [5, 5.41) is 0. The van der Waals surface area contributed by atoms with E-state index in [9.17, 15) is 13.2 Å². The van der Waals surface area contributed by atoms with Crippen LogP contribution < -0.4 is 4.90 Å². The SMILES string of the molecule is CC/C=C/Cl.CC/C=C\CS(=O)(=O)N1CCC(N2C(=O)OCCc3cc(Br)ccc32)CC1. The van der Waals surface area contributed by atoms with Crippen molar-refractivity contribution in [3.05, 3.63) is 52.0 Å². The van der Waals surface area contributed by atoms with Crippen LogP contribution in [0.4, 0.5) is 10.5 Å². The Labute approximate surface area is 205 Å². The number of cyclic esters (lactones) is 1. The molecule has 1 aromatic carbocycles. The Bertz CT molecular complexity index is 913. The lowest BCUT2D eigenvalue weighted by molar-refractivity contribution is 0.152. The second kappa shape index (κ2) is 13.4. The van der Waals surface area contributed by atoms with Crippen LogP contribution in [0.5, 0.6) is 0 Å². The topological polar surface area (TPSA) is 66.9 Å². The lowest BCUT2D eigenvalue weighted by Gasteiger charge is -2.37. The Morgan fingerprint density at radius 1 is 1.16 bits per heavy atom. The first-order chi connectivity index (χ1) is 15.3. The van der Waals surface area contributed by atoms with Crippen LogP contribution in [-0.4, -0.2) is 50.3 Å². The molecule has 32 heavy (non-hydrogen) atoms. The van der Waals surface area contributed by atoms with Gasteiger partial charge in [0.05, 0.1) is 18.0 Å². The zero-order valence-electron chi connectivity index (χ0n) is 18.7. The van der Waals surface area contributed by atoms with E-state index in [2.05, 4.69) is 15.9 Å². The Hall–Kier alpha value is -1.35. The van der Waals surface area contributed by atoms with E-state index in [0.29, 0.717) is 39.0 Å². The van der Waals surface area contributed by atoms with Gasteiger partial charge < -0.3 is 4.74 Å². The molecule has 0 radical (unpaired) electrons. The van der Waals surface area contributed by atoms with Gasteiger partial charge in [-0.15, -0.1) is 0 Å². The fraction of sp³-hybridized carbons (Fsp3) is 0.522. The first-order valence-corrected chi connectivity index (χ1v) is 13.8. The van der Waals surface area contributed by atoms with Crippen LogP contribution in [0, 0.1) is 0 Å². The molecule has 2 aliphatic rings. The molecular weight excluding hydrogens is 516 g/mol. The van der Waals surface area contributed by atoms with Crippen molar-refractivity contribution in [1.82, 2.24) is 4.31 Å². The van der Waals surface area contributed by atoms with E-state index in [1.165, 1.54) is 9.84 Å². The van der Waals surface area contributed by atoms with Gasteiger partial charge in [0, 0.05) is 35.6 Å². The maximum Gasteiger partial charge on any atom is 0.414 e. The summed E-state index contributed by atoms with van der Waals surface area (Å²) in [5.74, 6) is 0.0358. The standard InChI is InChI=1S/C19H25BrN2O4S.C4H7Cl/c1-2-3-4-13-27(24,25)21-10-7-17(8-11-21)22-18-6-5-16(20)14-15(18)9-12-26-19(22)23;1-2-3-4-5/h3-6,14,17H,2,7-13H2,1H3;3-4H,2H2,1H3/b4-3-;4-3+. The number of rotatable bonds is 6. The van der Waals surface area contributed by atoms with Crippen LogP contribution in [0.1, 0.15) is 45.1 Å². The van der Waals surface area contributed by atoms with Crippen molar-refractivity contribution in [2.24, 2.45) is 0 Å². The summed E-state index contributed by atoms with van der Waals surface area (Å²) in [6.07, 6.45) is 8.85. The highest BCUT2D eigenvalue weighted by Crippen LogP contribution is 2.32. The van der Waals surface area contributed by atoms with Crippen molar-refractivity contribution in [3.8, 4) is 0 Å². The van der Waals surface area contributed by atoms with Crippen molar-refractivity contribution in [2.45, 2.75) is 52.0 Å². The first kappa shape index (κ1) is 26.9. The summed E-state index contributed by atoms with van der Waals surface area (Å²) in [4.78, 5) is 14.3. The Kier molecular flexibility index (Phi) is 11.2. The van der Waals surface area contributed by atoms with Crippen molar-refractivity contribution < 1.29 is 17.9 Å². The number of halogens is 2. The molecule has 0 unspecified atom stereocenters. The molecule has 1 fully saturated rings. The first-order valence-electron chi connectivity index (χ1n) is 11.0. The third-order valence-electron chi connectivity index (χ3n) is 5.31. The van der Waals surface area contributed by atoms with E-state index in [0.717, 1.165) is 28.6 Å². The fourth-order valence-corrected chi connectivity index (χ4v) is 5.62. The van der Waals surface area contributed by atoms with Gasteiger partial charge >= 0.3 is 6.09 Å². The van der Waals surface area contributed by atoms with Gasteiger partial charge in [-0.2, -0.15) is 0 Å². The number of carbonyl (C=O) groups excluding carboxylic acids is 1. The molecule has 178 valence electrons. The Morgan fingerprint density at radius 3 is 2.44 bits per heavy atom. The van der Waals surface area contributed by atoms with Crippen molar-refractivity contribution >= 4 is 49.3 Å². The smallest absolute Gasteiger partial charge is 0.414 e. The lowest BCUT2D eigenvalue weighted by Crippen LogP contribution is -2.49. The average Bonchev–Trinajstić information content (AvgIpc) is 2.92. The largest absolute Gasteiger partial charge is 0.449 e. The maximum absolute atomic E-state index is 12.6. The summed E-state index contributed by atoms with van der Waals surface area (Å²) in [6.45, 7) is 5.21. The minimum Gasteiger partial charge on any atom is -0.449 e. The lowest BCUT2D eigenvalue weighted by atomic mass is 10.0. The molecule has 0 spiro atoms. The third-order valence-corrected chi connectivity index (χ3v) is 7.75. The summed E-state index contributed by atoms with van der Waals surface area (Å²) < 4.78 is 32.8. The zero-order valence-corrected chi connectivity index (χ0v) is 21.8. The normalized spacial score (nSPS) is 18.2. The second-order valence-electron chi connectivity index (χ2n) is 7.57. The number of nitrogens with zero attached hydrogens (tertiary/aromatic N) is 2. The van der Waals surface area contributed by atoms with Gasteiger partial charge in [-0.25, -0.2) is 17.5 Å². The number of carbonyl (C=O) groups is 1. The number of hydrogen-bond acceptors (Lipinski definition) is 4. The monoisotopic (exact) mass is 546 g/mol. The van der Waals surface area contributed by atoms with Gasteiger partial charge in [-0.05, 0) is 49.4 Å². The number of anilines is 1. The van der Waals surface area contributed by atoms with Gasteiger partial charge in [0.2, 0.25) is 10.0 Å². The minimum atomic E-state index is -3.29. The van der Waals surface area contributed by atoms with E-state index in [4.69, 9.17) is 16.3 Å². The van der Waals surface area contributed by atoms with Crippen molar-refractivity contribution in [1.29, 1.82) is 0 Å². The van der Waals surface area contributed by atoms with Crippen LogP contribution in [0.25, 0.3) is 0 Å². The van der Waals surface area contributed by atoms with Crippen LogP contribution >= 0.6 is 27.5 Å². The number of ether oxygens (including phenoxy) is 1. The van der Waals surface area contributed by atoms with E-state index in [-0.39, 0.29) is 17.9 Å². The zero-order chi connectivity index (χ0) is 23.6. The number of hydrogen-bond donors (Lipinski definition) is 0. The minimum absolute atomic E-state index is 0.0358. The molecule has 6 nitrogen and oxygen atoms in total. The maximum atomic E-state index is 12.6. The molecule has 9 heteroatoms. The van der Waals surface area contributed by atoms with E-state index in [1.54, 1.807) is 11.0 Å². The number of amides is 1. The van der Waals surface area contributed by atoms with Gasteiger partial charge in [0.15, 0.2) is 0 Å². The van der Waals surface area contributed by atoms with Gasteiger partial charge in [0.1, 0.15) is 0 Å². The van der Waals surface area contributed by atoms with Crippen LogP contribution in [-0.2, 0) is 21.2 Å². The van der Waals surface area contributed by atoms with Crippen molar-refractivity contribution in [2.75, 3.05) is 30.3 Å². The van der Waals surface area contributed by atoms with E-state index >= 15 is 0 Å². The van der Waals surface area contributed by atoms with Crippen LogP contribution in [0.2, 0.25) is 0 Å². The number of allylic oxidation sites excluding steroid dienone is 2. The molecule has 0 aromatic heterocycles. The van der Waals surface area contributed by atoms with Gasteiger partial charge in [-0.1, -0.05) is 59.6 Å². The quantitative estimate of drug-likeness (QED) is 0.419. The summed E-state index contributed by atoms with van der Waals surface area (Å²) >= 11 is 8.60. The van der Waals surface area contributed by atoms with E-state index < -0.39 is 10.0 Å². The molecule has 1 saturated heterocycles. The Morgan fingerprint density at radius 2 is 1.84 bits per heavy atom. The average molecular weight is 548 g/mol. The van der Waals surface area contributed by atoms with Gasteiger partial charge in [-0.3, -0.25) is 4.90 Å². The summed E-state index contributed by atoms with van der Waals surface area (Å²) in [7, 11) is -3.29. The molecule has 0 atom stereocenters. The molecule has 1 amide bonds. The molecule has 0 bridgehead atoms. The van der Waals surface area contributed by atoms with Crippen molar-refractivity contribution in [3.63, 3.8) is 0 Å². The van der Waals surface area contributed by atoms with Crippen LogP contribution in [0.15, 0.2) is 46.4 Å². The number of fused-ring (bicyclic) bond motifs is 1. The summed E-state index contributed by atoms with van der Waals surface area (Å²) in [6, 6.07) is 5.81. The predicted molar refractivity (Wildman–Crippen MR) is 135 cm³/mol. The number of sulfonamides is 1. The number of piperidine rings is 1. The predicted octanol–water partition coefficient (Wildman–Crippen LogP) is 5.86. The molecule has 2 aliphatic heterocycles. The molecular formula is C23H32BrClN2O4S. The number of benzene rings is 1. The molecule has 3 rings (SSSR count). The fourth-order valence-electron chi connectivity index (χ4n) is 3.68. The van der Waals surface area contributed by atoms with Gasteiger partial charge in [0.25, 0.3) is 0 Å². The van der Waals surface area contributed by atoms with E-state index in [1.807, 2.05) is 44.2 Å². The third kappa shape index (κ3) is 7.61. The second-order valence-corrected chi connectivity index (χ2v) is 10.7. The van der Waals surface area contributed by atoms with Crippen LogP contribution in [0.3, 0.4) is 0 Å².